The molecule has 0 atom stereocenters. The molecule has 0 spiro atoms. The van der Waals surface area contributed by atoms with Crippen molar-refractivity contribution in [1.29, 1.82) is 0 Å². The number of hydrogen-bond donors (Lipinski definition) is 2. The highest BCUT2D eigenvalue weighted by atomic mass is 16.3. The molecule has 128 valence electrons. The molecule has 2 aromatic heterocycles. The van der Waals surface area contributed by atoms with E-state index in [0.29, 0.717) is 18.1 Å². The van der Waals surface area contributed by atoms with Crippen LogP contribution in [0.25, 0.3) is 5.65 Å². The van der Waals surface area contributed by atoms with Crippen molar-refractivity contribution < 1.29 is 9.90 Å². The molecule has 2 heterocycles. The number of aromatic hydroxyl groups is 1. The summed E-state index contributed by atoms with van der Waals surface area (Å²) >= 11 is 0. The molecule has 2 aromatic rings. The van der Waals surface area contributed by atoms with Gasteiger partial charge in [0.25, 0.3) is 11.5 Å². The molecule has 2 aliphatic carbocycles. The minimum atomic E-state index is -0.549. The molecule has 4 rings (SSSR count). The zero-order valence-corrected chi connectivity index (χ0v) is 14.0. The summed E-state index contributed by atoms with van der Waals surface area (Å²) in [6.45, 7) is 4.58. The number of rotatable bonds is 5. The third kappa shape index (κ3) is 2.48. The first-order valence-electron chi connectivity index (χ1n) is 8.61. The van der Waals surface area contributed by atoms with E-state index in [9.17, 15) is 14.7 Å². The van der Waals surface area contributed by atoms with Gasteiger partial charge in [0.15, 0.2) is 5.56 Å². The summed E-state index contributed by atoms with van der Waals surface area (Å²) in [5.41, 5.74) is 0.849. The zero-order chi connectivity index (χ0) is 17.0. The molecular formula is C17H22N4O3. The largest absolute Gasteiger partial charge is 0.494 e. The van der Waals surface area contributed by atoms with E-state index in [1.165, 1.54) is 4.52 Å². The Hall–Kier alpha value is -2.31. The maximum atomic E-state index is 12.8. The second-order valence-corrected chi connectivity index (χ2v) is 7.37. The van der Waals surface area contributed by atoms with Gasteiger partial charge < -0.3 is 10.4 Å². The van der Waals surface area contributed by atoms with Gasteiger partial charge in [-0.2, -0.15) is 9.61 Å². The normalized spacial score (nSPS) is 17.6. The van der Waals surface area contributed by atoms with E-state index >= 15 is 0 Å². The van der Waals surface area contributed by atoms with E-state index in [1.807, 2.05) is 13.8 Å². The number of aromatic nitrogens is 3. The predicted molar refractivity (Wildman–Crippen MR) is 88.4 cm³/mol. The fourth-order valence-corrected chi connectivity index (χ4v) is 3.11. The summed E-state index contributed by atoms with van der Waals surface area (Å²) in [7, 11) is 0. The van der Waals surface area contributed by atoms with Gasteiger partial charge in [0.05, 0.1) is 6.20 Å². The van der Waals surface area contributed by atoms with Crippen molar-refractivity contribution in [2.24, 2.45) is 5.92 Å². The zero-order valence-electron chi connectivity index (χ0n) is 14.0. The first kappa shape index (κ1) is 15.2. The van der Waals surface area contributed by atoms with Crippen molar-refractivity contribution in [3.8, 4) is 5.88 Å². The number of nitrogens with zero attached hydrogens (tertiary/aromatic N) is 3. The van der Waals surface area contributed by atoms with Gasteiger partial charge in [-0.15, -0.1) is 0 Å². The average Bonchev–Trinajstić information content (AvgIpc) is 3.43. The van der Waals surface area contributed by atoms with Crippen LogP contribution >= 0.6 is 0 Å². The summed E-state index contributed by atoms with van der Waals surface area (Å²) in [6, 6.07) is 0.116. The quantitative estimate of drug-likeness (QED) is 0.872. The molecule has 0 bridgehead atoms. The number of amides is 1. The number of nitrogens with one attached hydrogen (secondary N) is 1. The Labute approximate surface area is 139 Å². The summed E-state index contributed by atoms with van der Waals surface area (Å²) < 4.78 is 2.95. The number of fused-ring (bicyclic) bond motifs is 1. The van der Waals surface area contributed by atoms with E-state index < -0.39 is 11.5 Å². The van der Waals surface area contributed by atoms with Gasteiger partial charge >= 0.3 is 0 Å². The maximum Gasteiger partial charge on any atom is 0.291 e. The molecule has 7 heteroatoms. The number of carbonyl (C=O) groups excluding carboxylic acids is 1. The van der Waals surface area contributed by atoms with Crippen LogP contribution in [0.4, 0.5) is 0 Å². The minimum absolute atomic E-state index is 0.116. The van der Waals surface area contributed by atoms with Crippen LogP contribution in [0.15, 0.2) is 11.0 Å². The fourth-order valence-electron chi connectivity index (χ4n) is 3.11. The van der Waals surface area contributed by atoms with Gasteiger partial charge in [0, 0.05) is 18.2 Å². The molecule has 0 unspecified atom stereocenters. The topological polar surface area (TPSA) is 88.6 Å². The van der Waals surface area contributed by atoms with Gasteiger partial charge in [0.2, 0.25) is 5.88 Å². The van der Waals surface area contributed by atoms with Crippen molar-refractivity contribution in [1.82, 2.24) is 19.5 Å². The first-order valence-corrected chi connectivity index (χ1v) is 8.61. The van der Waals surface area contributed by atoms with Crippen LogP contribution in [0.1, 0.15) is 61.4 Å². The molecule has 0 radical (unpaired) electrons. The molecule has 2 aliphatic rings. The SMILES string of the molecule is CC(C)Cn1c(O)c(C(=O)NC2CC2)c(=O)n2ncc(C3CC3)c12. The molecule has 2 N–H and O–H groups in total. The van der Waals surface area contributed by atoms with Crippen LogP contribution in [-0.2, 0) is 6.54 Å². The molecule has 0 saturated heterocycles. The van der Waals surface area contributed by atoms with Crippen molar-refractivity contribution in [2.75, 3.05) is 0 Å². The number of carbonyl (C=O) groups is 1. The Morgan fingerprint density at radius 2 is 2.08 bits per heavy atom. The second kappa shape index (κ2) is 5.36. The second-order valence-electron chi connectivity index (χ2n) is 7.37. The van der Waals surface area contributed by atoms with Crippen LogP contribution in [0.5, 0.6) is 5.88 Å². The van der Waals surface area contributed by atoms with Gasteiger partial charge in [-0.05, 0) is 37.5 Å². The molecule has 2 fully saturated rings. The summed E-state index contributed by atoms with van der Waals surface area (Å²) in [6.07, 6.45) is 5.68. The van der Waals surface area contributed by atoms with Gasteiger partial charge in [-0.25, -0.2) is 0 Å². The first-order chi connectivity index (χ1) is 11.5. The van der Waals surface area contributed by atoms with Crippen molar-refractivity contribution in [3.63, 3.8) is 0 Å². The Morgan fingerprint density at radius 3 is 2.67 bits per heavy atom. The van der Waals surface area contributed by atoms with Gasteiger partial charge in [-0.3, -0.25) is 14.2 Å². The lowest BCUT2D eigenvalue weighted by Gasteiger charge is -2.17. The lowest BCUT2D eigenvalue weighted by Crippen LogP contribution is -2.34. The highest BCUT2D eigenvalue weighted by Gasteiger charge is 2.33. The Kier molecular flexibility index (Phi) is 3.40. The van der Waals surface area contributed by atoms with Gasteiger partial charge in [0.1, 0.15) is 5.65 Å². The standard InChI is InChI=1S/C17H22N4O3/c1-9(2)8-20-15-12(10-3-4-10)7-18-21(15)17(24)13(16(20)23)14(22)19-11-5-6-11/h7,9-11,23H,3-6,8H2,1-2H3,(H,19,22). The van der Waals surface area contributed by atoms with Crippen LogP contribution in [0.3, 0.4) is 0 Å². The molecule has 2 saturated carbocycles. The number of hydrogen-bond acceptors (Lipinski definition) is 4. The fraction of sp³-hybridized carbons (Fsp3) is 0.588. The Morgan fingerprint density at radius 1 is 1.38 bits per heavy atom. The monoisotopic (exact) mass is 330 g/mol. The van der Waals surface area contributed by atoms with E-state index in [4.69, 9.17) is 0 Å². The summed E-state index contributed by atoms with van der Waals surface area (Å²) in [5, 5.41) is 17.7. The van der Waals surface area contributed by atoms with E-state index in [1.54, 1.807) is 10.8 Å². The maximum absolute atomic E-state index is 12.8. The molecule has 1 amide bonds. The average molecular weight is 330 g/mol. The van der Waals surface area contributed by atoms with Crippen LogP contribution in [-0.4, -0.2) is 31.2 Å². The smallest absolute Gasteiger partial charge is 0.291 e. The molecular weight excluding hydrogens is 308 g/mol. The van der Waals surface area contributed by atoms with E-state index in [-0.39, 0.29) is 23.4 Å². The highest BCUT2D eigenvalue weighted by Crippen LogP contribution is 2.42. The van der Waals surface area contributed by atoms with Crippen molar-refractivity contribution >= 4 is 11.6 Å². The Bertz CT molecular complexity index is 872. The van der Waals surface area contributed by atoms with Gasteiger partial charge in [-0.1, -0.05) is 13.8 Å². The van der Waals surface area contributed by atoms with Crippen molar-refractivity contribution in [2.45, 2.75) is 58.0 Å². The van der Waals surface area contributed by atoms with E-state index in [2.05, 4.69) is 10.4 Å². The van der Waals surface area contributed by atoms with Crippen molar-refractivity contribution in [3.05, 3.63) is 27.7 Å². The van der Waals surface area contributed by atoms with Crippen LogP contribution in [0.2, 0.25) is 0 Å². The third-order valence-electron chi connectivity index (χ3n) is 4.62. The Balaban J connectivity index is 1.93. The summed E-state index contributed by atoms with van der Waals surface area (Å²) in [5.74, 6) is -0.112. The predicted octanol–water partition coefficient (Wildman–Crippen LogP) is 1.63. The lowest BCUT2D eigenvalue weighted by atomic mass is 10.1. The third-order valence-corrected chi connectivity index (χ3v) is 4.62. The van der Waals surface area contributed by atoms with E-state index in [0.717, 1.165) is 31.2 Å². The minimum Gasteiger partial charge on any atom is -0.494 e. The molecule has 7 nitrogen and oxygen atoms in total. The molecule has 0 aliphatic heterocycles. The molecule has 0 aromatic carbocycles. The molecule has 24 heavy (non-hydrogen) atoms. The van der Waals surface area contributed by atoms with Crippen LogP contribution < -0.4 is 10.9 Å². The van der Waals surface area contributed by atoms with Crippen LogP contribution in [0, 0.1) is 5.92 Å². The summed E-state index contributed by atoms with van der Waals surface area (Å²) in [4.78, 5) is 25.2. The lowest BCUT2D eigenvalue weighted by molar-refractivity contribution is 0.0944. The highest BCUT2D eigenvalue weighted by molar-refractivity contribution is 5.96.